The molecular formula is C41H43Zr. The van der Waals surface area contributed by atoms with Crippen molar-refractivity contribution in [2.45, 2.75) is 73.1 Å². The summed E-state index contributed by atoms with van der Waals surface area (Å²) in [5.74, 6) is 0. The molecular weight excluding hydrogens is 584 g/mol. The minimum atomic E-state index is -1.29. The molecule has 211 valence electrons. The summed E-state index contributed by atoms with van der Waals surface area (Å²) in [4.78, 5) is 0. The third-order valence-corrected chi connectivity index (χ3v) is 13.8. The normalized spacial score (nSPS) is 16.7. The van der Waals surface area contributed by atoms with Gasteiger partial charge in [-0.3, -0.25) is 0 Å². The zero-order valence-corrected chi connectivity index (χ0v) is 28.4. The third-order valence-electron chi connectivity index (χ3n) is 9.84. The second-order valence-corrected chi connectivity index (χ2v) is 14.9. The fourth-order valence-corrected chi connectivity index (χ4v) is 11.6. The molecule has 0 aromatic heterocycles. The molecule has 0 nitrogen and oxygen atoms in total. The van der Waals surface area contributed by atoms with E-state index in [0.717, 1.165) is 38.5 Å². The molecule has 3 aliphatic carbocycles. The van der Waals surface area contributed by atoms with Crippen LogP contribution in [0, 0.1) is 5.41 Å². The molecule has 0 bridgehead atoms. The maximum atomic E-state index is 2.66. The van der Waals surface area contributed by atoms with Crippen molar-refractivity contribution in [1.82, 2.24) is 0 Å². The summed E-state index contributed by atoms with van der Waals surface area (Å²) in [6, 6.07) is 27.6. The van der Waals surface area contributed by atoms with Crippen LogP contribution in [0.5, 0.6) is 0 Å². The number of rotatable bonds is 9. The van der Waals surface area contributed by atoms with E-state index >= 15 is 0 Å². The maximum absolute atomic E-state index is 2.66. The fourth-order valence-electron chi connectivity index (χ4n) is 7.65. The van der Waals surface area contributed by atoms with Crippen LogP contribution < -0.4 is 10.4 Å². The van der Waals surface area contributed by atoms with Gasteiger partial charge in [-0.05, 0) is 0 Å². The molecule has 0 radical (unpaired) electrons. The number of allylic oxidation sites excluding steroid dienone is 8. The summed E-state index contributed by atoms with van der Waals surface area (Å²) in [6.45, 7) is 11.9. The molecule has 6 rings (SSSR count). The van der Waals surface area contributed by atoms with Gasteiger partial charge >= 0.3 is 265 Å². The van der Waals surface area contributed by atoms with Crippen LogP contribution in [0.25, 0.3) is 8.85 Å². The van der Waals surface area contributed by atoms with Gasteiger partial charge in [0.1, 0.15) is 0 Å². The number of hydrogen-bond acceptors (Lipinski definition) is 0. The average Bonchev–Trinajstić information content (AvgIpc) is 3.69. The summed E-state index contributed by atoms with van der Waals surface area (Å²) in [6.07, 6.45) is 16.4. The molecule has 3 aromatic carbocycles. The van der Waals surface area contributed by atoms with E-state index in [2.05, 4.69) is 132 Å². The first kappa shape index (κ1) is 29.2. The van der Waals surface area contributed by atoms with Crippen LogP contribution in [0.1, 0.15) is 82.6 Å². The molecule has 3 aliphatic rings. The van der Waals surface area contributed by atoms with Gasteiger partial charge in [-0.15, -0.1) is 0 Å². The predicted molar refractivity (Wildman–Crippen MR) is 178 cm³/mol. The topological polar surface area (TPSA) is 0 Å². The number of hydrogen-bond donors (Lipinski definition) is 0. The van der Waals surface area contributed by atoms with E-state index in [4.69, 9.17) is 0 Å². The SMILES string of the molecule is CCC1=CC2=c3c(CC)cc(CC)cc3=[C]([Zr]=[C](c3ccccc3)c3ccccc3)C2=C(C2=CC=CC2)C1(CC)CC. The van der Waals surface area contributed by atoms with Crippen molar-refractivity contribution in [3.05, 3.63) is 152 Å². The third kappa shape index (κ3) is 4.83. The average molecular weight is 627 g/mol. The van der Waals surface area contributed by atoms with Crippen LogP contribution >= 0.6 is 0 Å². The zero-order chi connectivity index (χ0) is 29.3. The quantitative estimate of drug-likeness (QED) is 0.223. The molecule has 0 saturated heterocycles. The molecule has 42 heavy (non-hydrogen) atoms. The molecule has 3 aromatic rings. The van der Waals surface area contributed by atoms with E-state index in [9.17, 15) is 0 Å². The summed E-state index contributed by atoms with van der Waals surface area (Å²) >= 11 is -1.29. The monoisotopic (exact) mass is 625 g/mol. The zero-order valence-electron chi connectivity index (χ0n) is 26.0. The summed E-state index contributed by atoms with van der Waals surface area (Å²) < 4.78 is 3.27. The van der Waals surface area contributed by atoms with E-state index in [0.29, 0.717) is 0 Å². The van der Waals surface area contributed by atoms with Gasteiger partial charge < -0.3 is 0 Å². The van der Waals surface area contributed by atoms with Crippen LogP contribution in [-0.2, 0) is 35.6 Å². The summed E-state index contributed by atoms with van der Waals surface area (Å²) in [5, 5.41) is 3.09. The van der Waals surface area contributed by atoms with Crippen molar-refractivity contribution in [2.75, 3.05) is 0 Å². The van der Waals surface area contributed by atoms with Crippen LogP contribution in [0.15, 0.2) is 119 Å². The van der Waals surface area contributed by atoms with E-state index in [1.54, 1.807) is 34.0 Å². The molecule has 0 N–H and O–H groups in total. The Labute approximate surface area is 264 Å². The van der Waals surface area contributed by atoms with Crippen molar-refractivity contribution in [3.63, 3.8) is 0 Å². The van der Waals surface area contributed by atoms with Crippen molar-refractivity contribution in [1.29, 1.82) is 0 Å². The Morgan fingerprint density at radius 3 is 1.98 bits per heavy atom. The van der Waals surface area contributed by atoms with E-state index < -0.39 is 22.8 Å². The first-order valence-corrected chi connectivity index (χ1v) is 18.5. The molecule has 0 atom stereocenters. The van der Waals surface area contributed by atoms with Gasteiger partial charge in [-0.2, -0.15) is 0 Å². The second kappa shape index (κ2) is 12.4. The summed E-state index contributed by atoms with van der Waals surface area (Å²) in [7, 11) is 0. The van der Waals surface area contributed by atoms with Crippen molar-refractivity contribution in [2.24, 2.45) is 5.41 Å². The van der Waals surface area contributed by atoms with Crippen molar-refractivity contribution in [3.8, 4) is 0 Å². The summed E-state index contributed by atoms with van der Waals surface area (Å²) in [5.41, 5.74) is 13.8. The van der Waals surface area contributed by atoms with E-state index in [1.807, 2.05) is 0 Å². The number of aryl methyl sites for hydroxylation is 2. The predicted octanol–water partition coefficient (Wildman–Crippen LogP) is 8.77. The Bertz CT molecular complexity index is 1740. The van der Waals surface area contributed by atoms with E-state index in [-0.39, 0.29) is 5.41 Å². The Balaban J connectivity index is 1.82. The van der Waals surface area contributed by atoms with Crippen LogP contribution in [-0.4, -0.2) is 3.21 Å². The van der Waals surface area contributed by atoms with Crippen molar-refractivity contribution < 1.29 is 22.8 Å². The molecule has 0 fully saturated rings. The van der Waals surface area contributed by atoms with Gasteiger partial charge in [0.05, 0.1) is 0 Å². The Morgan fingerprint density at radius 1 is 0.786 bits per heavy atom. The van der Waals surface area contributed by atoms with Gasteiger partial charge in [0.25, 0.3) is 0 Å². The Hall–Kier alpha value is -2.89. The van der Waals surface area contributed by atoms with Crippen LogP contribution in [0.2, 0.25) is 0 Å². The molecule has 0 unspecified atom stereocenters. The number of benzene rings is 3. The molecule has 0 aliphatic heterocycles. The van der Waals surface area contributed by atoms with Gasteiger partial charge in [0.2, 0.25) is 0 Å². The molecule has 0 saturated carbocycles. The standard InChI is InChI=1S/C28H33.C13H10.Zr/c1-6-19-15-20(7-2)26-22(16-19)17-25-24(26)18-23(8-3)28(9-4,10-5)27(25)21-13-11-12-14-21;1-3-7-12(8-4-1)11-13-9-5-2-6-10-13;/h11-13,15-16,18H,6-10,14H2,1-5H3;1-10H;. The molecule has 1 heteroatoms. The van der Waals surface area contributed by atoms with Gasteiger partial charge in [0.15, 0.2) is 0 Å². The van der Waals surface area contributed by atoms with E-state index in [1.165, 1.54) is 33.0 Å². The van der Waals surface area contributed by atoms with Crippen molar-refractivity contribution >= 4 is 12.1 Å². The Kier molecular flexibility index (Phi) is 8.61. The minimum absolute atomic E-state index is 0.0950. The first-order chi connectivity index (χ1) is 20.6. The second-order valence-electron chi connectivity index (χ2n) is 11.8. The van der Waals surface area contributed by atoms with Crippen LogP contribution in [0.4, 0.5) is 0 Å². The van der Waals surface area contributed by atoms with Gasteiger partial charge in [-0.25, -0.2) is 0 Å². The Morgan fingerprint density at radius 2 is 1.45 bits per heavy atom. The molecule has 0 heterocycles. The molecule has 0 spiro atoms. The first-order valence-electron chi connectivity index (χ1n) is 16.1. The van der Waals surface area contributed by atoms with Crippen LogP contribution in [0.3, 0.4) is 0 Å². The number of fused-ring (bicyclic) bond motifs is 2. The molecule has 0 amide bonds. The van der Waals surface area contributed by atoms with Gasteiger partial charge in [0, 0.05) is 0 Å². The fraction of sp³-hybridized carbons (Fsp3) is 0.293. The van der Waals surface area contributed by atoms with Gasteiger partial charge in [-0.1, -0.05) is 0 Å².